The summed E-state index contributed by atoms with van der Waals surface area (Å²) < 4.78 is 0. The molecule has 96 valence electrons. The van der Waals surface area contributed by atoms with Gasteiger partial charge in [0.2, 0.25) is 0 Å². The van der Waals surface area contributed by atoms with E-state index in [1.807, 2.05) is 13.8 Å². The maximum absolute atomic E-state index is 9.12. The van der Waals surface area contributed by atoms with Crippen molar-refractivity contribution in [2.75, 3.05) is 17.7 Å². The third-order valence-electron chi connectivity index (χ3n) is 3.00. The van der Waals surface area contributed by atoms with Crippen LogP contribution in [-0.2, 0) is 0 Å². The molecule has 5 heteroatoms. The van der Waals surface area contributed by atoms with E-state index in [0.717, 1.165) is 11.4 Å². The van der Waals surface area contributed by atoms with Gasteiger partial charge in [0.25, 0.3) is 0 Å². The van der Waals surface area contributed by atoms with Crippen LogP contribution in [0.5, 0.6) is 0 Å². The third kappa shape index (κ3) is 3.30. The van der Waals surface area contributed by atoms with Crippen molar-refractivity contribution in [3.05, 3.63) is 11.9 Å². The van der Waals surface area contributed by atoms with Gasteiger partial charge in [-0.1, -0.05) is 20.8 Å². The Bertz CT molecular complexity index is 368. The fourth-order valence-electron chi connectivity index (χ4n) is 1.61. The highest BCUT2D eigenvalue weighted by Crippen LogP contribution is 2.27. The average Bonchev–Trinajstić information content (AvgIpc) is 2.27. The monoisotopic (exact) mass is 238 g/mol. The molecule has 1 aromatic rings. The van der Waals surface area contributed by atoms with E-state index in [4.69, 9.17) is 10.8 Å². The molecule has 0 amide bonds. The minimum Gasteiger partial charge on any atom is -0.396 e. The Kier molecular flexibility index (Phi) is 4.69. The molecular weight excluding hydrogens is 216 g/mol. The van der Waals surface area contributed by atoms with E-state index in [1.165, 1.54) is 6.33 Å². The SMILES string of the molecule is CC(C)c1c(N)ncnc1NC(C)C(C)CO. The zero-order valence-electron chi connectivity index (χ0n) is 10.9. The second-order valence-electron chi connectivity index (χ2n) is 4.77. The van der Waals surface area contributed by atoms with Crippen LogP contribution < -0.4 is 11.1 Å². The summed E-state index contributed by atoms with van der Waals surface area (Å²) in [6.07, 6.45) is 1.46. The Balaban J connectivity index is 2.94. The van der Waals surface area contributed by atoms with Crippen molar-refractivity contribution in [3.8, 4) is 0 Å². The molecule has 0 aliphatic heterocycles. The molecule has 4 N–H and O–H groups in total. The Hall–Kier alpha value is -1.36. The van der Waals surface area contributed by atoms with Crippen LogP contribution in [0.25, 0.3) is 0 Å². The minimum absolute atomic E-state index is 0.131. The van der Waals surface area contributed by atoms with Crippen molar-refractivity contribution in [1.29, 1.82) is 0 Å². The molecule has 0 aliphatic rings. The zero-order chi connectivity index (χ0) is 13.0. The number of hydrogen-bond donors (Lipinski definition) is 3. The lowest BCUT2D eigenvalue weighted by molar-refractivity contribution is 0.226. The largest absolute Gasteiger partial charge is 0.396 e. The van der Waals surface area contributed by atoms with E-state index < -0.39 is 0 Å². The molecule has 0 aromatic carbocycles. The number of nitrogens with zero attached hydrogens (tertiary/aromatic N) is 2. The van der Waals surface area contributed by atoms with Gasteiger partial charge in [0.05, 0.1) is 0 Å². The van der Waals surface area contributed by atoms with Crippen LogP contribution in [0.3, 0.4) is 0 Å². The van der Waals surface area contributed by atoms with Gasteiger partial charge in [-0.15, -0.1) is 0 Å². The van der Waals surface area contributed by atoms with Crippen molar-refractivity contribution in [3.63, 3.8) is 0 Å². The van der Waals surface area contributed by atoms with Crippen LogP contribution in [-0.4, -0.2) is 27.7 Å². The predicted molar refractivity (Wildman–Crippen MR) is 69.9 cm³/mol. The first kappa shape index (κ1) is 13.7. The molecule has 0 aliphatic carbocycles. The molecule has 2 unspecified atom stereocenters. The first-order chi connectivity index (χ1) is 7.97. The number of nitrogens with one attached hydrogen (secondary N) is 1. The summed E-state index contributed by atoms with van der Waals surface area (Å²) in [5, 5.41) is 12.4. The summed E-state index contributed by atoms with van der Waals surface area (Å²) in [4.78, 5) is 8.24. The Morgan fingerprint density at radius 3 is 2.47 bits per heavy atom. The number of anilines is 2. The van der Waals surface area contributed by atoms with Crippen molar-refractivity contribution in [2.45, 2.75) is 39.7 Å². The van der Waals surface area contributed by atoms with Crippen molar-refractivity contribution < 1.29 is 5.11 Å². The quantitative estimate of drug-likeness (QED) is 0.725. The van der Waals surface area contributed by atoms with Crippen LogP contribution >= 0.6 is 0 Å². The molecule has 1 heterocycles. The molecule has 5 nitrogen and oxygen atoms in total. The van der Waals surface area contributed by atoms with Crippen LogP contribution in [0.4, 0.5) is 11.6 Å². The number of aromatic nitrogens is 2. The number of rotatable bonds is 5. The van der Waals surface area contributed by atoms with Crippen molar-refractivity contribution in [1.82, 2.24) is 9.97 Å². The summed E-state index contributed by atoms with van der Waals surface area (Å²) >= 11 is 0. The molecule has 0 spiro atoms. The molecule has 2 atom stereocenters. The maximum Gasteiger partial charge on any atom is 0.135 e. The van der Waals surface area contributed by atoms with E-state index in [2.05, 4.69) is 29.1 Å². The van der Waals surface area contributed by atoms with Gasteiger partial charge in [-0.2, -0.15) is 0 Å². The number of aliphatic hydroxyl groups excluding tert-OH is 1. The zero-order valence-corrected chi connectivity index (χ0v) is 10.9. The highest BCUT2D eigenvalue weighted by Gasteiger charge is 2.17. The van der Waals surface area contributed by atoms with Gasteiger partial charge in [0, 0.05) is 18.2 Å². The minimum atomic E-state index is 0.131. The maximum atomic E-state index is 9.12. The Labute approximate surface area is 102 Å². The van der Waals surface area contributed by atoms with Gasteiger partial charge in [-0.25, -0.2) is 9.97 Å². The standard InChI is InChI=1S/C12H22N4O/c1-7(2)10-11(13)14-6-15-12(10)16-9(4)8(3)5-17/h6-9,17H,5H2,1-4H3,(H3,13,14,15,16). The second-order valence-corrected chi connectivity index (χ2v) is 4.77. The van der Waals surface area contributed by atoms with Gasteiger partial charge in [-0.3, -0.25) is 0 Å². The number of aliphatic hydroxyl groups is 1. The fraction of sp³-hybridized carbons (Fsp3) is 0.667. The predicted octanol–water partition coefficient (Wildman–Crippen LogP) is 1.61. The van der Waals surface area contributed by atoms with Gasteiger partial charge in [-0.05, 0) is 18.8 Å². The normalized spacial score (nSPS) is 14.7. The molecule has 0 radical (unpaired) electrons. The summed E-state index contributed by atoms with van der Waals surface area (Å²) in [5.41, 5.74) is 6.80. The summed E-state index contributed by atoms with van der Waals surface area (Å²) in [6.45, 7) is 8.26. The van der Waals surface area contributed by atoms with Crippen LogP contribution in [0, 0.1) is 5.92 Å². The number of nitrogen functional groups attached to an aromatic ring is 1. The third-order valence-corrected chi connectivity index (χ3v) is 3.00. The van der Waals surface area contributed by atoms with E-state index in [1.54, 1.807) is 0 Å². The molecule has 0 saturated carbocycles. The molecule has 0 saturated heterocycles. The summed E-state index contributed by atoms with van der Waals surface area (Å²) in [6, 6.07) is 0.131. The van der Waals surface area contributed by atoms with Gasteiger partial charge in [0.15, 0.2) is 0 Å². The highest BCUT2D eigenvalue weighted by atomic mass is 16.3. The Morgan fingerprint density at radius 1 is 1.29 bits per heavy atom. The van der Waals surface area contributed by atoms with E-state index in [9.17, 15) is 0 Å². The van der Waals surface area contributed by atoms with Gasteiger partial charge in [0.1, 0.15) is 18.0 Å². The van der Waals surface area contributed by atoms with Crippen LogP contribution in [0.1, 0.15) is 39.2 Å². The molecule has 17 heavy (non-hydrogen) atoms. The lowest BCUT2D eigenvalue weighted by Crippen LogP contribution is -2.27. The van der Waals surface area contributed by atoms with Crippen molar-refractivity contribution >= 4 is 11.6 Å². The average molecular weight is 238 g/mol. The van der Waals surface area contributed by atoms with Crippen LogP contribution in [0.15, 0.2) is 6.33 Å². The fourth-order valence-corrected chi connectivity index (χ4v) is 1.61. The number of hydrogen-bond acceptors (Lipinski definition) is 5. The topological polar surface area (TPSA) is 84.1 Å². The second kappa shape index (κ2) is 5.82. The van der Waals surface area contributed by atoms with E-state index >= 15 is 0 Å². The Morgan fingerprint density at radius 2 is 1.94 bits per heavy atom. The van der Waals surface area contributed by atoms with E-state index in [0.29, 0.717) is 5.82 Å². The molecular formula is C12H22N4O. The molecule has 1 rings (SSSR count). The van der Waals surface area contributed by atoms with Crippen molar-refractivity contribution in [2.24, 2.45) is 5.92 Å². The summed E-state index contributed by atoms with van der Waals surface area (Å²) in [5.74, 6) is 1.70. The lowest BCUT2D eigenvalue weighted by Gasteiger charge is -2.22. The smallest absolute Gasteiger partial charge is 0.135 e. The number of nitrogens with two attached hydrogens (primary N) is 1. The molecule has 1 aromatic heterocycles. The van der Waals surface area contributed by atoms with E-state index in [-0.39, 0.29) is 24.5 Å². The lowest BCUT2D eigenvalue weighted by atomic mass is 10.0. The van der Waals surface area contributed by atoms with Gasteiger partial charge >= 0.3 is 0 Å². The molecule has 0 fully saturated rings. The van der Waals surface area contributed by atoms with Crippen LogP contribution in [0.2, 0.25) is 0 Å². The highest BCUT2D eigenvalue weighted by molar-refractivity contribution is 5.57. The van der Waals surface area contributed by atoms with Gasteiger partial charge < -0.3 is 16.2 Å². The molecule has 0 bridgehead atoms. The first-order valence-corrected chi connectivity index (χ1v) is 5.95. The first-order valence-electron chi connectivity index (χ1n) is 5.95. The summed E-state index contributed by atoms with van der Waals surface area (Å²) in [7, 11) is 0.